The summed E-state index contributed by atoms with van der Waals surface area (Å²) in [5.74, 6) is -0.326. The van der Waals surface area contributed by atoms with Crippen LogP contribution in [0.4, 0.5) is 38.0 Å². The second-order valence-electron chi connectivity index (χ2n) is 16.1. The van der Waals surface area contributed by atoms with Gasteiger partial charge in [0.2, 0.25) is 11.8 Å². The average Bonchev–Trinajstić information content (AvgIpc) is 4.21. The Morgan fingerprint density at radius 1 is 0.585 bits per heavy atom. The molecule has 17 heteroatoms. The van der Waals surface area contributed by atoms with E-state index in [-0.39, 0.29) is 46.2 Å². The number of alkyl halides is 6. The van der Waals surface area contributed by atoms with E-state index in [1.807, 2.05) is 19.1 Å². The smallest absolute Gasteiger partial charge is 0.395 e. The van der Waals surface area contributed by atoms with Gasteiger partial charge in [-0.05, 0) is 110 Å². The largest absolute Gasteiger partial charge is 0.586 e. The van der Waals surface area contributed by atoms with Crippen molar-refractivity contribution in [2.24, 2.45) is 0 Å². The number of nitrogens with one attached hydrogen (secondary N) is 2. The van der Waals surface area contributed by atoms with Gasteiger partial charge in [0.05, 0.1) is 22.2 Å². The third kappa shape index (κ3) is 8.53. The highest BCUT2D eigenvalue weighted by Crippen LogP contribution is 2.54. The molecule has 2 saturated carbocycles. The lowest BCUT2D eigenvalue weighted by Gasteiger charge is -2.17. The molecular weight excluding hydrogens is 859 g/mol. The Balaban J connectivity index is 0.000000164. The topological polar surface area (TPSA) is 138 Å². The first-order valence-corrected chi connectivity index (χ1v) is 20.3. The maximum absolute atomic E-state index is 13.3. The van der Waals surface area contributed by atoms with E-state index in [2.05, 4.69) is 39.5 Å². The lowest BCUT2D eigenvalue weighted by molar-refractivity contribution is -0.287. The predicted molar refractivity (Wildman–Crippen MR) is 224 cm³/mol. The lowest BCUT2D eigenvalue weighted by atomic mass is 9.94. The van der Waals surface area contributed by atoms with Crippen LogP contribution in [0.2, 0.25) is 0 Å². The standard InChI is InChI=1S/C24H18F4N2O3.C24H18F2N2O4/c1-13-5-8-19(29-20(13)14-3-2-4-15(11-14)21(25)26)30-22(31)23(9-10-23)16-6-7-17-18(12-16)33-24(27,28)32-17;1-14-5-8-20(27-21(14)16-4-2-3-15(11-16)13-29)28-22(30)23(9-10-23)17-6-7-18-19(12-17)32-24(25,26)31-18/h2-8,11-12,21H,9-10H2,1H3,(H,29,30,31);2-8,11-13H,9-10H2,1H3,(H,27,28,30). The zero-order valence-corrected chi connectivity index (χ0v) is 34.4. The van der Waals surface area contributed by atoms with Crippen LogP contribution in [0, 0.1) is 13.8 Å². The number of ether oxygens (including phenoxy) is 4. The second kappa shape index (κ2) is 16.0. The van der Waals surface area contributed by atoms with Crippen LogP contribution in [0.15, 0.2) is 109 Å². The van der Waals surface area contributed by atoms with E-state index in [0.717, 1.165) is 23.0 Å². The van der Waals surface area contributed by atoms with Crippen LogP contribution >= 0.6 is 0 Å². The quantitative estimate of drug-likeness (QED) is 0.102. The van der Waals surface area contributed by atoms with E-state index in [1.165, 1.54) is 42.5 Å². The van der Waals surface area contributed by atoms with Crippen LogP contribution in [0.25, 0.3) is 22.5 Å². The minimum Gasteiger partial charge on any atom is -0.395 e. The molecule has 0 spiro atoms. The number of rotatable bonds is 10. The van der Waals surface area contributed by atoms with Gasteiger partial charge in [0.15, 0.2) is 23.0 Å². The highest BCUT2D eigenvalue weighted by Gasteiger charge is 2.54. The van der Waals surface area contributed by atoms with Crippen molar-refractivity contribution in [2.45, 2.75) is 69.4 Å². The number of aldehydes is 1. The molecule has 2 aliphatic carbocycles. The van der Waals surface area contributed by atoms with E-state index < -0.39 is 29.8 Å². The van der Waals surface area contributed by atoms with Crippen molar-refractivity contribution in [1.82, 2.24) is 9.97 Å². The Labute approximate surface area is 366 Å². The maximum Gasteiger partial charge on any atom is 0.586 e. The van der Waals surface area contributed by atoms with Gasteiger partial charge in [-0.25, -0.2) is 18.7 Å². The summed E-state index contributed by atoms with van der Waals surface area (Å²) < 4.78 is 97.4. The molecule has 2 fully saturated rings. The molecule has 65 heavy (non-hydrogen) atoms. The Morgan fingerprint density at radius 3 is 1.48 bits per heavy atom. The highest BCUT2D eigenvalue weighted by molar-refractivity contribution is 6.02. The summed E-state index contributed by atoms with van der Waals surface area (Å²) in [6.45, 7) is 3.69. The molecular formula is C48H36F6N4O7. The molecule has 0 atom stereocenters. The second-order valence-corrected chi connectivity index (χ2v) is 16.1. The van der Waals surface area contributed by atoms with Crippen molar-refractivity contribution < 1.29 is 59.7 Å². The average molecular weight is 895 g/mol. The van der Waals surface area contributed by atoms with Gasteiger partial charge in [-0.2, -0.15) is 0 Å². The van der Waals surface area contributed by atoms with Gasteiger partial charge in [-0.3, -0.25) is 14.4 Å². The minimum atomic E-state index is -3.73. The van der Waals surface area contributed by atoms with Crippen LogP contribution in [-0.2, 0) is 20.4 Å². The Hall–Kier alpha value is -7.43. The van der Waals surface area contributed by atoms with Crippen molar-refractivity contribution in [3.8, 4) is 45.5 Å². The number of fused-ring (bicyclic) bond motifs is 2. The van der Waals surface area contributed by atoms with E-state index in [4.69, 9.17) is 0 Å². The van der Waals surface area contributed by atoms with Gasteiger partial charge in [0, 0.05) is 22.3 Å². The fourth-order valence-electron chi connectivity index (χ4n) is 7.87. The van der Waals surface area contributed by atoms with E-state index in [0.29, 0.717) is 65.1 Å². The molecule has 0 radical (unpaired) electrons. The number of anilines is 2. The lowest BCUT2D eigenvalue weighted by Crippen LogP contribution is -2.28. The van der Waals surface area contributed by atoms with Crippen LogP contribution in [0.5, 0.6) is 23.0 Å². The third-order valence-electron chi connectivity index (χ3n) is 11.7. The first-order valence-electron chi connectivity index (χ1n) is 20.3. The zero-order chi connectivity index (χ0) is 45.9. The predicted octanol–water partition coefficient (Wildman–Crippen LogP) is 10.8. The number of pyridine rings is 2. The van der Waals surface area contributed by atoms with E-state index in [9.17, 15) is 40.7 Å². The monoisotopic (exact) mass is 894 g/mol. The molecule has 10 rings (SSSR count). The summed E-state index contributed by atoms with van der Waals surface area (Å²) in [6.07, 6.45) is -7.06. The molecule has 2 aliphatic heterocycles. The fraction of sp³-hybridized carbons (Fsp3) is 0.229. The Kier molecular flexibility index (Phi) is 10.5. The van der Waals surface area contributed by atoms with Gasteiger partial charge in [-0.1, -0.05) is 60.7 Å². The summed E-state index contributed by atoms with van der Waals surface area (Å²) in [5, 5.41) is 5.64. The number of carbonyl (C=O) groups excluding carboxylic acids is 3. The van der Waals surface area contributed by atoms with Crippen LogP contribution in [-0.4, -0.2) is 40.7 Å². The number of amides is 2. The molecule has 2 amide bonds. The highest BCUT2D eigenvalue weighted by atomic mass is 19.3. The normalized spacial score (nSPS) is 17.1. The number of carbonyl (C=O) groups is 3. The number of benzene rings is 4. The number of halogens is 6. The summed E-state index contributed by atoms with van der Waals surface area (Å²) in [6, 6.07) is 28.7. The number of nitrogens with zero attached hydrogens (tertiary/aromatic N) is 2. The van der Waals surface area contributed by atoms with Crippen LogP contribution in [0.3, 0.4) is 0 Å². The molecule has 0 bridgehead atoms. The van der Waals surface area contributed by atoms with E-state index in [1.54, 1.807) is 61.5 Å². The number of aromatic nitrogens is 2. The summed E-state index contributed by atoms with van der Waals surface area (Å²) in [4.78, 5) is 46.4. The van der Waals surface area contributed by atoms with Crippen LogP contribution in [0.1, 0.15) is 70.3 Å². The molecule has 2 aromatic heterocycles. The van der Waals surface area contributed by atoms with Crippen molar-refractivity contribution in [2.75, 3.05) is 10.6 Å². The summed E-state index contributed by atoms with van der Waals surface area (Å²) in [5.41, 5.74) is 3.88. The summed E-state index contributed by atoms with van der Waals surface area (Å²) in [7, 11) is 0. The van der Waals surface area contributed by atoms with Gasteiger partial charge in [0.1, 0.15) is 17.9 Å². The molecule has 4 aliphatic rings. The van der Waals surface area contributed by atoms with Gasteiger partial charge in [0.25, 0.3) is 6.43 Å². The minimum absolute atomic E-state index is 0.0580. The third-order valence-corrected chi connectivity index (χ3v) is 11.7. The van der Waals surface area contributed by atoms with Crippen molar-refractivity contribution in [1.29, 1.82) is 0 Å². The first-order chi connectivity index (χ1) is 31.0. The number of hydrogen-bond acceptors (Lipinski definition) is 9. The Morgan fingerprint density at radius 2 is 1.03 bits per heavy atom. The Bertz CT molecular complexity index is 2900. The van der Waals surface area contributed by atoms with Crippen LogP contribution < -0.4 is 29.6 Å². The molecule has 0 saturated heterocycles. The van der Waals surface area contributed by atoms with Gasteiger partial charge < -0.3 is 29.6 Å². The van der Waals surface area contributed by atoms with E-state index >= 15 is 0 Å². The van der Waals surface area contributed by atoms with Crippen molar-refractivity contribution >= 4 is 29.7 Å². The zero-order valence-electron chi connectivity index (χ0n) is 34.4. The maximum atomic E-state index is 13.3. The molecule has 4 heterocycles. The molecule has 332 valence electrons. The van der Waals surface area contributed by atoms with Gasteiger partial charge in [-0.15, -0.1) is 17.6 Å². The molecule has 4 aromatic carbocycles. The van der Waals surface area contributed by atoms with Crippen molar-refractivity contribution in [3.63, 3.8) is 0 Å². The van der Waals surface area contributed by atoms with Gasteiger partial charge >= 0.3 is 12.6 Å². The fourth-order valence-corrected chi connectivity index (χ4v) is 7.87. The molecule has 11 nitrogen and oxygen atoms in total. The first kappa shape index (κ1) is 42.9. The molecule has 0 unspecified atom stereocenters. The number of hydrogen-bond donors (Lipinski definition) is 2. The summed E-state index contributed by atoms with van der Waals surface area (Å²) >= 11 is 0. The van der Waals surface area contributed by atoms with Crippen molar-refractivity contribution in [3.05, 3.63) is 143 Å². The molecule has 2 N–H and O–H groups in total. The number of aryl methyl sites for hydroxylation is 2. The SMILES string of the molecule is Cc1ccc(NC(=O)C2(c3ccc4c(c3)OC(F)(F)O4)CC2)nc1-c1cccc(C(F)F)c1.Cc1ccc(NC(=O)C2(c3ccc4c(c3)OC(F)(F)O4)CC2)nc1-c1cccc(C=O)c1. The molecule has 6 aromatic rings.